The van der Waals surface area contributed by atoms with Gasteiger partial charge in [-0.15, -0.1) is 0 Å². The molecule has 0 saturated carbocycles. The molecule has 178 valence electrons. The van der Waals surface area contributed by atoms with Gasteiger partial charge in [-0.1, -0.05) is 26.0 Å². The number of esters is 1. The van der Waals surface area contributed by atoms with Crippen LogP contribution in [0, 0.1) is 5.92 Å². The number of amides is 3. The molecule has 0 N–H and O–H groups in total. The van der Waals surface area contributed by atoms with Crippen LogP contribution in [0.5, 0.6) is 0 Å². The molecular formula is C25H28N4O5. The van der Waals surface area contributed by atoms with Crippen LogP contribution in [0.3, 0.4) is 0 Å². The molecule has 2 aliphatic rings. The molecule has 0 aliphatic carbocycles. The molecule has 9 nitrogen and oxygen atoms in total. The van der Waals surface area contributed by atoms with Crippen molar-refractivity contribution >= 4 is 29.5 Å². The fourth-order valence-electron chi connectivity index (χ4n) is 4.26. The average Bonchev–Trinajstić information content (AvgIpc) is 3.08. The molecular weight excluding hydrogens is 436 g/mol. The molecule has 1 aromatic heterocycles. The number of methoxy groups -OCH3 is 1. The summed E-state index contributed by atoms with van der Waals surface area (Å²) in [6.45, 7) is 6.23. The summed E-state index contributed by atoms with van der Waals surface area (Å²) in [6, 6.07) is 9.86. The van der Waals surface area contributed by atoms with Crippen LogP contribution in [-0.4, -0.2) is 71.8 Å². The third-order valence-corrected chi connectivity index (χ3v) is 6.02. The van der Waals surface area contributed by atoms with E-state index in [4.69, 9.17) is 4.74 Å². The zero-order valence-electron chi connectivity index (χ0n) is 19.6. The predicted molar refractivity (Wildman–Crippen MR) is 124 cm³/mol. The van der Waals surface area contributed by atoms with Gasteiger partial charge in [0.2, 0.25) is 5.91 Å². The van der Waals surface area contributed by atoms with Crippen molar-refractivity contribution in [2.24, 2.45) is 5.92 Å². The van der Waals surface area contributed by atoms with E-state index in [2.05, 4.69) is 4.98 Å². The first-order valence-electron chi connectivity index (χ1n) is 11.4. The molecule has 9 heteroatoms. The summed E-state index contributed by atoms with van der Waals surface area (Å²) >= 11 is 0. The van der Waals surface area contributed by atoms with E-state index in [1.165, 1.54) is 7.11 Å². The van der Waals surface area contributed by atoms with Crippen LogP contribution in [0.2, 0.25) is 0 Å². The summed E-state index contributed by atoms with van der Waals surface area (Å²) in [5.74, 6) is -0.316. The van der Waals surface area contributed by atoms with Crippen molar-refractivity contribution < 1.29 is 23.9 Å². The van der Waals surface area contributed by atoms with Gasteiger partial charge in [0.1, 0.15) is 5.82 Å². The molecule has 1 fully saturated rings. The van der Waals surface area contributed by atoms with Crippen molar-refractivity contribution in [2.75, 3.05) is 38.2 Å². The lowest BCUT2D eigenvalue weighted by Gasteiger charge is -2.36. The summed E-state index contributed by atoms with van der Waals surface area (Å²) < 4.78 is 4.90. The lowest BCUT2D eigenvalue weighted by molar-refractivity contribution is -0.132. The molecule has 2 aromatic rings. The van der Waals surface area contributed by atoms with Gasteiger partial charge in [-0.3, -0.25) is 19.3 Å². The quantitative estimate of drug-likeness (QED) is 0.478. The molecule has 3 amide bonds. The molecule has 1 aromatic carbocycles. The van der Waals surface area contributed by atoms with Gasteiger partial charge in [-0.05, 0) is 30.2 Å². The normalized spacial score (nSPS) is 15.7. The number of carbonyl (C=O) groups is 4. The highest BCUT2D eigenvalue weighted by atomic mass is 16.5. The number of benzene rings is 1. The maximum Gasteiger partial charge on any atom is 0.338 e. The number of fused-ring (bicyclic) bond motifs is 1. The Morgan fingerprint density at radius 2 is 1.62 bits per heavy atom. The van der Waals surface area contributed by atoms with Gasteiger partial charge in [0.05, 0.1) is 36.0 Å². The van der Waals surface area contributed by atoms with Crippen LogP contribution in [0.25, 0.3) is 0 Å². The predicted octanol–water partition coefficient (Wildman–Crippen LogP) is 2.36. The van der Waals surface area contributed by atoms with Crippen LogP contribution < -0.4 is 4.90 Å². The van der Waals surface area contributed by atoms with E-state index in [-0.39, 0.29) is 29.8 Å². The standard InChI is InChI=1S/C25H28N4O5/c1-16(2)12-22(30)28-10-8-27(9-11-28)21-14-17(25(33)34-3)13-18(26-21)15-29-23(31)19-6-4-5-7-20(19)24(29)32/h4-7,13-14,16H,8-12,15H2,1-3H3. The number of piperazine rings is 1. The minimum atomic E-state index is -0.530. The Morgan fingerprint density at radius 1 is 1.00 bits per heavy atom. The number of nitrogens with zero attached hydrogens (tertiary/aromatic N) is 4. The molecule has 1 saturated heterocycles. The first-order chi connectivity index (χ1) is 16.3. The Morgan fingerprint density at radius 3 is 2.18 bits per heavy atom. The molecule has 0 spiro atoms. The SMILES string of the molecule is COC(=O)c1cc(CN2C(=O)c3ccccc3C2=O)nc(N2CCN(C(=O)CC(C)C)CC2)c1. The van der Waals surface area contributed by atoms with E-state index in [0.717, 1.165) is 4.90 Å². The Hall–Kier alpha value is -3.75. The molecule has 0 radical (unpaired) electrons. The second-order valence-corrected chi connectivity index (χ2v) is 8.90. The van der Waals surface area contributed by atoms with E-state index in [1.54, 1.807) is 36.4 Å². The number of aromatic nitrogens is 1. The van der Waals surface area contributed by atoms with Crippen molar-refractivity contribution in [3.05, 3.63) is 58.8 Å². The van der Waals surface area contributed by atoms with E-state index in [0.29, 0.717) is 61.2 Å². The number of anilines is 1. The number of rotatable bonds is 6. The zero-order chi connectivity index (χ0) is 24.4. The van der Waals surface area contributed by atoms with Gasteiger partial charge >= 0.3 is 5.97 Å². The number of carbonyl (C=O) groups excluding carboxylic acids is 4. The Kier molecular flexibility index (Phi) is 6.63. The summed E-state index contributed by atoms with van der Waals surface area (Å²) in [4.78, 5) is 59.9. The van der Waals surface area contributed by atoms with E-state index in [1.807, 2.05) is 23.6 Å². The van der Waals surface area contributed by atoms with Gasteiger partial charge in [0.25, 0.3) is 11.8 Å². The second kappa shape index (κ2) is 9.62. The van der Waals surface area contributed by atoms with Gasteiger partial charge < -0.3 is 14.5 Å². The van der Waals surface area contributed by atoms with Crippen LogP contribution in [0.4, 0.5) is 5.82 Å². The van der Waals surface area contributed by atoms with Gasteiger partial charge in [0, 0.05) is 32.6 Å². The fraction of sp³-hybridized carbons (Fsp3) is 0.400. The molecule has 0 atom stereocenters. The molecule has 4 rings (SSSR count). The number of hydrogen-bond donors (Lipinski definition) is 0. The first-order valence-corrected chi connectivity index (χ1v) is 11.4. The first kappa shape index (κ1) is 23.4. The van der Waals surface area contributed by atoms with Gasteiger partial charge in [-0.25, -0.2) is 9.78 Å². The van der Waals surface area contributed by atoms with Crippen LogP contribution in [0.15, 0.2) is 36.4 Å². The van der Waals surface area contributed by atoms with Crippen LogP contribution in [0.1, 0.15) is 57.0 Å². The Bertz CT molecular complexity index is 1100. The third kappa shape index (κ3) is 4.64. The molecule has 3 heterocycles. The maximum atomic E-state index is 12.8. The molecule has 0 bridgehead atoms. The molecule has 2 aliphatic heterocycles. The topological polar surface area (TPSA) is 100 Å². The largest absolute Gasteiger partial charge is 0.465 e. The average molecular weight is 465 g/mol. The second-order valence-electron chi connectivity index (χ2n) is 8.90. The van der Waals surface area contributed by atoms with Crippen LogP contribution >= 0.6 is 0 Å². The summed E-state index contributed by atoms with van der Waals surface area (Å²) in [5, 5.41) is 0. The summed E-state index contributed by atoms with van der Waals surface area (Å²) in [5.41, 5.74) is 1.42. The van der Waals surface area contributed by atoms with E-state index in [9.17, 15) is 19.2 Å². The van der Waals surface area contributed by atoms with Crippen molar-refractivity contribution in [2.45, 2.75) is 26.8 Å². The summed E-state index contributed by atoms with van der Waals surface area (Å²) in [7, 11) is 1.30. The lowest BCUT2D eigenvalue weighted by Crippen LogP contribution is -2.49. The zero-order valence-corrected chi connectivity index (χ0v) is 19.6. The highest BCUT2D eigenvalue weighted by molar-refractivity contribution is 6.21. The minimum absolute atomic E-state index is 0.0585. The highest BCUT2D eigenvalue weighted by Crippen LogP contribution is 2.25. The Labute approximate surface area is 198 Å². The fourth-order valence-corrected chi connectivity index (χ4v) is 4.26. The Balaban J connectivity index is 1.55. The summed E-state index contributed by atoms with van der Waals surface area (Å²) in [6.07, 6.45) is 0.514. The number of imide groups is 1. The van der Waals surface area contributed by atoms with E-state index >= 15 is 0 Å². The van der Waals surface area contributed by atoms with Crippen LogP contribution in [-0.2, 0) is 16.1 Å². The van der Waals surface area contributed by atoms with Crippen molar-refractivity contribution in [1.82, 2.24) is 14.8 Å². The number of pyridine rings is 1. The smallest absolute Gasteiger partial charge is 0.338 e. The minimum Gasteiger partial charge on any atom is -0.465 e. The van der Waals surface area contributed by atoms with Crippen molar-refractivity contribution in [1.29, 1.82) is 0 Å². The van der Waals surface area contributed by atoms with Crippen molar-refractivity contribution in [3.63, 3.8) is 0 Å². The maximum absolute atomic E-state index is 12.8. The third-order valence-electron chi connectivity index (χ3n) is 6.02. The monoisotopic (exact) mass is 464 g/mol. The van der Waals surface area contributed by atoms with E-state index < -0.39 is 5.97 Å². The lowest BCUT2D eigenvalue weighted by atomic mass is 10.1. The molecule has 0 unspecified atom stereocenters. The van der Waals surface area contributed by atoms with Gasteiger partial charge in [0.15, 0.2) is 0 Å². The number of hydrogen-bond acceptors (Lipinski definition) is 7. The van der Waals surface area contributed by atoms with Gasteiger partial charge in [-0.2, -0.15) is 0 Å². The molecule has 34 heavy (non-hydrogen) atoms. The number of ether oxygens (including phenoxy) is 1. The van der Waals surface area contributed by atoms with Crippen molar-refractivity contribution in [3.8, 4) is 0 Å². The highest BCUT2D eigenvalue weighted by Gasteiger charge is 2.35.